The van der Waals surface area contributed by atoms with Gasteiger partial charge in [-0.3, -0.25) is 9.89 Å². The minimum Gasteiger partial charge on any atom is -0.467 e. The fourth-order valence-electron chi connectivity index (χ4n) is 3.17. The van der Waals surface area contributed by atoms with E-state index in [0.717, 1.165) is 19.3 Å². The fraction of sp³-hybridized carbons (Fsp3) is 0.722. The number of furan rings is 1. The van der Waals surface area contributed by atoms with E-state index < -0.39 is 18.8 Å². The van der Waals surface area contributed by atoms with Crippen LogP contribution in [0.5, 0.6) is 0 Å². The molecule has 1 aliphatic rings. The molecule has 0 bridgehead atoms. The van der Waals surface area contributed by atoms with Crippen molar-refractivity contribution >= 4 is 5.96 Å². The summed E-state index contributed by atoms with van der Waals surface area (Å²) >= 11 is 0. The second-order valence-corrected chi connectivity index (χ2v) is 6.80. The van der Waals surface area contributed by atoms with Gasteiger partial charge in [0, 0.05) is 13.1 Å². The summed E-state index contributed by atoms with van der Waals surface area (Å²) in [6.07, 6.45) is -0.971. The molecule has 27 heavy (non-hydrogen) atoms. The molecular weight excluding hydrogens is 361 g/mol. The van der Waals surface area contributed by atoms with Crippen LogP contribution in [0, 0.1) is 5.92 Å². The number of aliphatic hydroxyl groups excluding tert-OH is 1. The normalized spacial score (nSPS) is 18.5. The van der Waals surface area contributed by atoms with Gasteiger partial charge < -0.3 is 20.2 Å². The van der Waals surface area contributed by atoms with Crippen molar-refractivity contribution < 1.29 is 22.7 Å². The quantitative estimate of drug-likeness (QED) is 0.470. The molecule has 2 rings (SSSR count). The predicted molar refractivity (Wildman–Crippen MR) is 97.5 cm³/mol. The number of hydrogen-bond donors (Lipinski definition) is 3. The zero-order chi connectivity index (χ0) is 19.7. The van der Waals surface area contributed by atoms with Crippen molar-refractivity contribution in [1.29, 1.82) is 0 Å². The maximum absolute atomic E-state index is 12.4. The number of aliphatic hydroxyl groups is 1. The van der Waals surface area contributed by atoms with Gasteiger partial charge >= 0.3 is 6.18 Å². The van der Waals surface area contributed by atoms with Crippen LogP contribution in [-0.2, 0) is 0 Å². The van der Waals surface area contributed by atoms with Crippen molar-refractivity contribution in [2.24, 2.45) is 10.9 Å². The molecule has 0 aliphatic carbocycles. The summed E-state index contributed by atoms with van der Waals surface area (Å²) in [6.45, 7) is 3.69. The average molecular weight is 390 g/mol. The third-order valence-corrected chi connectivity index (χ3v) is 4.59. The van der Waals surface area contributed by atoms with Gasteiger partial charge in [0.25, 0.3) is 0 Å². The Kier molecular flexibility index (Phi) is 8.43. The summed E-state index contributed by atoms with van der Waals surface area (Å²) in [4.78, 5) is 5.83. The molecular formula is C18H29F3N4O2. The number of nitrogens with one attached hydrogen (secondary N) is 2. The number of piperidine rings is 1. The number of halogens is 3. The molecule has 154 valence electrons. The summed E-state index contributed by atoms with van der Waals surface area (Å²) in [5.41, 5.74) is 0. The Morgan fingerprint density at radius 2 is 2.11 bits per heavy atom. The van der Waals surface area contributed by atoms with Crippen molar-refractivity contribution in [2.45, 2.75) is 38.5 Å². The second kappa shape index (κ2) is 10.6. The van der Waals surface area contributed by atoms with Gasteiger partial charge in [-0.2, -0.15) is 13.2 Å². The highest BCUT2D eigenvalue weighted by Gasteiger charge is 2.32. The Morgan fingerprint density at radius 1 is 1.37 bits per heavy atom. The summed E-state index contributed by atoms with van der Waals surface area (Å²) in [5.74, 6) is 1.50. The van der Waals surface area contributed by atoms with Crippen LogP contribution in [0.1, 0.15) is 38.1 Å². The molecule has 1 aromatic heterocycles. The Hall–Kier alpha value is -1.74. The maximum atomic E-state index is 12.4. The largest absolute Gasteiger partial charge is 0.467 e. The van der Waals surface area contributed by atoms with Gasteiger partial charge in [0.05, 0.1) is 19.4 Å². The first kappa shape index (κ1) is 21.6. The first-order valence-corrected chi connectivity index (χ1v) is 9.40. The number of guanidine groups is 1. The zero-order valence-corrected chi connectivity index (χ0v) is 15.6. The van der Waals surface area contributed by atoms with Crippen molar-refractivity contribution in [2.75, 3.05) is 39.3 Å². The molecule has 0 saturated carbocycles. The molecule has 1 aliphatic heterocycles. The first-order valence-electron chi connectivity index (χ1n) is 9.40. The highest BCUT2D eigenvalue weighted by Crippen LogP contribution is 2.24. The molecule has 0 aromatic carbocycles. The Labute approximate surface area is 157 Å². The minimum absolute atomic E-state index is 0.179. The molecule has 1 atom stereocenters. The van der Waals surface area contributed by atoms with E-state index in [0.29, 0.717) is 43.8 Å². The number of rotatable bonds is 8. The van der Waals surface area contributed by atoms with Gasteiger partial charge in [-0.15, -0.1) is 0 Å². The number of nitrogens with zero attached hydrogens (tertiary/aromatic N) is 2. The lowest BCUT2D eigenvalue weighted by atomic mass is 9.93. The molecule has 1 saturated heterocycles. The van der Waals surface area contributed by atoms with Crippen LogP contribution in [0.4, 0.5) is 13.2 Å². The minimum atomic E-state index is -4.12. The van der Waals surface area contributed by atoms with E-state index in [-0.39, 0.29) is 6.54 Å². The predicted octanol–water partition coefficient (Wildman–Crippen LogP) is 2.53. The summed E-state index contributed by atoms with van der Waals surface area (Å²) < 4.78 is 42.4. The van der Waals surface area contributed by atoms with E-state index >= 15 is 0 Å². The van der Waals surface area contributed by atoms with Crippen LogP contribution in [0.25, 0.3) is 0 Å². The third kappa shape index (κ3) is 8.21. The molecule has 1 aromatic rings. The van der Waals surface area contributed by atoms with E-state index in [1.165, 1.54) is 11.2 Å². The van der Waals surface area contributed by atoms with Crippen molar-refractivity contribution in [3.05, 3.63) is 24.2 Å². The van der Waals surface area contributed by atoms with Crippen LogP contribution >= 0.6 is 0 Å². The van der Waals surface area contributed by atoms with Crippen LogP contribution < -0.4 is 10.6 Å². The number of aliphatic imine (C=N–C) groups is 1. The van der Waals surface area contributed by atoms with E-state index in [4.69, 9.17) is 4.42 Å². The lowest BCUT2D eigenvalue weighted by molar-refractivity contribution is -0.148. The Balaban J connectivity index is 1.69. The molecule has 9 heteroatoms. The topological polar surface area (TPSA) is 73.0 Å². The molecule has 3 N–H and O–H groups in total. The van der Waals surface area contributed by atoms with Crippen molar-refractivity contribution in [3.63, 3.8) is 0 Å². The molecule has 0 spiro atoms. The second-order valence-electron chi connectivity index (χ2n) is 6.80. The molecule has 1 unspecified atom stereocenters. The van der Waals surface area contributed by atoms with Gasteiger partial charge in [0.1, 0.15) is 11.9 Å². The molecule has 0 amide bonds. The summed E-state index contributed by atoms with van der Waals surface area (Å²) in [6, 6.07) is 3.41. The van der Waals surface area contributed by atoms with Gasteiger partial charge in [-0.1, -0.05) is 0 Å². The Morgan fingerprint density at radius 3 is 2.70 bits per heavy atom. The average Bonchev–Trinajstić information content (AvgIpc) is 3.14. The maximum Gasteiger partial charge on any atom is 0.401 e. The highest BCUT2D eigenvalue weighted by molar-refractivity contribution is 5.79. The van der Waals surface area contributed by atoms with E-state index in [9.17, 15) is 18.3 Å². The third-order valence-electron chi connectivity index (χ3n) is 4.59. The lowest BCUT2D eigenvalue weighted by Crippen LogP contribution is -2.41. The van der Waals surface area contributed by atoms with Gasteiger partial charge in [0.15, 0.2) is 5.96 Å². The highest BCUT2D eigenvalue weighted by atomic mass is 19.4. The van der Waals surface area contributed by atoms with Crippen molar-refractivity contribution in [1.82, 2.24) is 15.5 Å². The Bertz CT molecular complexity index is 555. The summed E-state index contributed by atoms with van der Waals surface area (Å²) in [5, 5.41) is 16.4. The lowest BCUT2D eigenvalue weighted by Gasteiger charge is -2.32. The SMILES string of the molecule is CCNC(=NCC(O)c1ccco1)NCCC1CCN(CC(F)(F)F)CC1. The smallest absolute Gasteiger partial charge is 0.401 e. The van der Waals surface area contributed by atoms with Gasteiger partial charge in [-0.05, 0) is 57.3 Å². The molecule has 2 heterocycles. The monoisotopic (exact) mass is 390 g/mol. The van der Waals surface area contributed by atoms with Crippen LogP contribution in [0.15, 0.2) is 27.8 Å². The fourth-order valence-corrected chi connectivity index (χ4v) is 3.17. The van der Waals surface area contributed by atoms with E-state index in [1.807, 2.05) is 6.92 Å². The first-order chi connectivity index (χ1) is 12.9. The molecule has 1 fully saturated rings. The van der Waals surface area contributed by atoms with Gasteiger partial charge in [0.2, 0.25) is 0 Å². The van der Waals surface area contributed by atoms with Crippen molar-refractivity contribution in [3.8, 4) is 0 Å². The zero-order valence-electron chi connectivity index (χ0n) is 15.6. The standard InChI is InChI=1S/C18H29F3N4O2/c1-2-22-17(24-12-15(26)16-4-3-11-27-16)23-8-5-14-6-9-25(10-7-14)13-18(19,20)21/h3-4,11,14-15,26H,2,5-10,12-13H2,1H3,(H2,22,23,24). The number of hydrogen-bond acceptors (Lipinski definition) is 4. The summed E-state index contributed by atoms with van der Waals surface area (Å²) in [7, 11) is 0. The van der Waals surface area contributed by atoms with Crippen LogP contribution in [0.2, 0.25) is 0 Å². The molecule has 6 nitrogen and oxygen atoms in total. The van der Waals surface area contributed by atoms with E-state index in [2.05, 4.69) is 15.6 Å². The molecule has 0 radical (unpaired) electrons. The van der Waals surface area contributed by atoms with Crippen LogP contribution in [-0.4, -0.2) is 61.4 Å². The number of likely N-dealkylation sites (tertiary alicyclic amines) is 1. The van der Waals surface area contributed by atoms with Crippen LogP contribution in [0.3, 0.4) is 0 Å². The van der Waals surface area contributed by atoms with Gasteiger partial charge in [-0.25, -0.2) is 0 Å². The number of alkyl halides is 3. The van der Waals surface area contributed by atoms with E-state index in [1.54, 1.807) is 12.1 Å².